The van der Waals surface area contributed by atoms with Gasteiger partial charge < -0.3 is 29.9 Å². The third-order valence-corrected chi connectivity index (χ3v) is 8.01. The summed E-state index contributed by atoms with van der Waals surface area (Å²) in [6.07, 6.45) is -0.329. The second-order valence-corrected chi connectivity index (χ2v) is 9.73. The van der Waals surface area contributed by atoms with Crippen molar-refractivity contribution in [2.45, 2.75) is 76.5 Å². The van der Waals surface area contributed by atoms with Gasteiger partial charge in [0.1, 0.15) is 11.9 Å². The zero-order chi connectivity index (χ0) is 19.3. The van der Waals surface area contributed by atoms with Crippen molar-refractivity contribution in [3.63, 3.8) is 0 Å². The molecular weight excluding hydrogens is 336 g/mol. The molecule has 6 heteroatoms. The maximum Gasteiger partial charge on any atom is 0.139 e. The van der Waals surface area contributed by atoms with Crippen LogP contribution in [0.4, 0.5) is 0 Å². The minimum Gasteiger partial charge on any atom is -0.466 e. The van der Waals surface area contributed by atoms with Crippen molar-refractivity contribution in [3.05, 3.63) is 23.7 Å². The number of aliphatic hydroxyl groups is 5. The van der Waals surface area contributed by atoms with Crippen LogP contribution in [0.2, 0.25) is 0 Å². The minimum absolute atomic E-state index is 0.230. The van der Waals surface area contributed by atoms with E-state index in [4.69, 9.17) is 4.42 Å². The van der Waals surface area contributed by atoms with Crippen molar-refractivity contribution in [1.29, 1.82) is 0 Å². The van der Waals surface area contributed by atoms with Gasteiger partial charge in [0.2, 0.25) is 0 Å². The van der Waals surface area contributed by atoms with Gasteiger partial charge in [-0.2, -0.15) is 0 Å². The van der Waals surface area contributed by atoms with Crippen molar-refractivity contribution in [3.8, 4) is 0 Å². The summed E-state index contributed by atoms with van der Waals surface area (Å²) < 4.78 is 5.49. The summed E-state index contributed by atoms with van der Waals surface area (Å²) >= 11 is 0. The molecule has 2 saturated carbocycles. The first-order valence-corrected chi connectivity index (χ1v) is 9.47. The maximum absolute atomic E-state index is 12.0. The Bertz CT molecular complexity index is 724. The number of hydrogen-bond donors (Lipinski definition) is 5. The molecule has 0 amide bonds. The van der Waals surface area contributed by atoms with Crippen LogP contribution in [0.25, 0.3) is 0 Å². The SMILES string of the molecule is CC1(C)CCC[C@]2(O)[C@@H]1[C@@H](O)[C@H](O)[C@@H]1[C@@]2(C)[C@@H](O)c2occc2[C@]1(C)O. The molecular formula is C20H30O6. The summed E-state index contributed by atoms with van der Waals surface area (Å²) in [5.41, 5.74) is -4.31. The molecule has 0 saturated heterocycles. The fraction of sp³-hybridized carbons (Fsp3) is 0.800. The monoisotopic (exact) mass is 366 g/mol. The summed E-state index contributed by atoms with van der Waals surface area (Å²) in [6.45, 7) is 7.23. The van der Waals surface area contributed by atoms with Crippen LogP contribution in [0.15, 0.2) is 16.7 Å². The highest BCUT2D eigenvalue weighted by Crippen LogP contribution is 2.69. The lowest BCUT2D eigenvalue weighted by Gasteiger charge is -2.69. The molecule has 0 radical (unpaired) electrons. The Kier molecular flexibility index (Phi) is 3.63. The van der Waals surface area contributed by atoms with Crippen molar-refractivity contribution in [2.24, 2.45) is 22.7 Å². The summed E-state index contributed by atoms with van der Waals surface area (Å²) in [5, 5.41) is 56.7. The van der Waals surface area contributed by atoms with Crippen LogP contribution in [-0.4, -0.2) is 43.3 Å². The average Bonchev–Trinajstić information content (AvgIpc) is 3.01. The summed E-state index contributed by atoms with van der Waals surface area (Å²) in [7, 11) is 0. The van der Waals surface area contributed by atoms with Crippen molar-refractivity contribution in [2.75, 3.05) is 0 Å². The molecule has 0 aliphatic heterocycles. The van der Waals surface area contributed by atoms with E-state index in [1.165, 1.54) is 6.26 Å². The second kappa shape index (κ2) is 5.11. The first kappa shape index (κ1) is 18.4. The van der Waals surface area contributed by atoms with Gasteiger partial charge in [0.25, 0.3) is 0 Å². The largest absolute Gasteiger partial charge is 0.466 e. The lowest BCUT2D eigenvalue weighted by Crippen LogP contribution is -2.76. The van der Waals surface area contributed by atoms with Crippen LogP contribution in [0.1, 0.15) is 64.4 Å². The van der Waals surface area contributed by atoms with Gasteiger partial charge >= 0.3 is 0 Å². The zero-order valence-corrected chi connectivity index (χ0v) is 15.8. The normalized spacial score (nSPS) is 52.7. The van der Waals surface area contributed by atoms with Gasteiger partial charge in [0.15, 0.2) is 0 Å². The Balaban J connectivity index is 2.00. The van der Waals surface area contributed by atoms with Gasteiger partial charge in [-0.3, -0.25) is 0 Å². The van der Waals surface area contributed by atoms with Gasteiger partial charge in [-0.15, -0.1) is 0 Å². The Hall–Kier alpha value is -0.920. The predicted molar refractivity (Wildman–Crippen MR) is 92.9 cm³/mol. The van der Waals surface area contributed by atoms with E-state index in [-0.39, 0.29) is 5.76 Å². The fourth-order valence-electron chi connectivity index (χ4n) is 6.85. The average molecular weight is 366 g/mol. The molecule has 4 rings (SSSR count). The van der Waals surface area contributed by atoms with E-state index in [0.29, 0.717) is 12.0 Å². The van der Waals surface area contributed by atoms with Crippen LogP contribution in [0.5, 0.6) is 0 Å². The molecule has 2 fully saturated rings. The molecule has 0 unspecified atom stereocenters. The standard InChI is InChI=1S/C20H30O6/c1-17(2)7-5-8-20(25)14(17)11(21)12(22)15-18(20,3)16(23)13-10(6-9-26-13)19(15,4)24/h6,9,11-12,14-16,21-25H,5,7-8H2,1-4H3/t11-,12-,14+,15+,16-,18-,19-,20-/m0/s1. The van der Waals surface area contributed by atoms with Crippen LogP contribution in [0.3, 0.4) is 0 Å². The Labute approximate surface area is 153 Å². The van der Waals surface area contributed by atoms with Crippen LogP contribution >= 0.6 is 0 Å². The highest BCUT2D eigenvalue weighted by atomic mass is 16.4. The molecule has 3 aliphatic rings. The van der Waals surface area contributed by atoms with Gasteiger partial charge in [-0.25, -0.2) is 0 Å². The molecule has 1 heterocycles. The molecule has 26 heavy (non-hydrogen) atoms. The topological polar surface area (TPSA) is 114 Å². The van der Waals surface area contributed by atoms with Gasteiger partial charge in [0, 0.05) is 22.8 Å². The molecule has 3 aliphatic carbocycles. The third-order valence-electron chi connectivity index (χ3n) is 8.01. The van der Waals surface area contributed by atoms with Crippen LogP contribution in [0, 0.1) is 22.7 Å². The van der Waals surface area contributed by atoms with E-state index < -0.39 is 52.2 Å². The van der Waals surface area contributed by atoms with Crippen molar-refractivity contribution < 1.29 is 29.9 Å². The fourth-order valence-corrected chi connectivity index (χ4v) is 6.85. The number of furan rings is 1. The highest BCUT2D eigenvalue weighted by molar-refractivity contribution is 5.37. The molecule has 0 bridgehead atoms. The molecule has 146 valence electrons. The van der Waals surface area contributed by atoms with Crippen LogP contribution < -0.4 is 0 Å². The third kappa shape index (κ3) is 1.85. The number of fused-ring (bicyclic) bond motifs is 4. The molecule has 0 spiro atoms. The first-order valence-electron chi connectivity index (χ1n) is 9.47. The minimum atomic E-state index is -1.56. The Morgan fingerprint density at radius 3 is 2.23 bits per heavy atom. The summed E-state index contributed by atoms with van der Waals surface area (Å²) in [5.74, 6) is -1.34. The molecule has 8 atom stereocenters. The number of aliphatic hydroxyl groups excluding tert-OH is 3. The molecule has 5 N–H and O–H groups in total. The van der Waals surface area contributed by atoms with Gasteiger partial charge in [0.05, 0.1) is 29.7 Å². The summed E-state index contributed by atoms with van der Waals surface area (Å²) in [4.78, 5) is 0. The van der Waals surface area contributed by atoms with Gasteiger partial charge in [-0.05, 0) is 31.2 Å². The molecule has 1 aromatic rings. The lowest BCUT2D eigenvalue weighted by molar-refractivity contribution is -0.339. The molecule has 6 nitrogen and oxygen atoms in total. The smallest absolute Gasteiger partial charge is 0.139 e. The van der Waals surface area contributed by atoms with E-state index in [9.17, 15) is 25.5 Å². The Morgan fingerprint density at radius 1 is 0.962 bits per heavy atom. The number of rotatable bonds is 0. The first-order chi connectivity index (χ1) is 11.9. The van der Waals surface area contributed by atoms with E-state index in [0.717, 1.165) is 12.8 Å². The van der Waals surface area contributed by atoms with Crippen LogP contribution in [-0.2, 0) is 5.60 Å². The van der Waals surface area contributed by atoms with E-state index in [1.54, 1.807) is 19.9 Å². The summed E-state index contributed by atoms with van der Waals surface area (Å²) in [6, 6.07) is 1.58. The van der Waals surface area contributed by atoms with Gasteiger partial charge in [-0.1, -0.05) is 27.2 Å². The molecule has 1 aromatic heterocycles. The van der Waals surface area contributed by atoms with E-state index in [2.05, 4.69) is 0 Å². The van der Waals surface area contributed by atoms with E-state index >= 15 is 0 Å². The zero-order valence-electron chi connectivity index (χ0n) is 15.8. The maximum atomic E-state index is 12.0. The quantitative estimate of drug-likeness (QED) is 0.475. The molecule has 0 aromatic carbocycles. The highest BCUT2D eigenvalue weighted by Gasteiger charge is 2.75. The Morgan fingerprint density at radius 2 is 1.58 bits per heavy atom. The predicted octanol–water partition coefficient (Wildman–Crippen LogP) is 1.45. The second-order valence-electron chi connectivity index (χ2n) is 9.73. The van der Waals surface area contributed by atoms with Crippen molar-refractivity contribution >= 4 is 0 Å². The lowest BCUT2D eigenvalue weighted by atomic mass is 9.39. The van der Waals surface area contributed by atoms with E-state index in [1.807, 2.05) is 13.8 Å². The number of hydrogen-bond acceptors (Lipinski definition) is 6. The van der Waals surface area contributed by atoms with Crippen molar-refractivity contribution in [1.82, 2.24) is 0 Å².